The summed E-state index contributed by atoms with van der Waals surface area (Å²) in [6.45, 7) is 7.44. The number of benzene rings is 1. The van der Waals surface area contributed by atoms with Crippen molar-refractivity contribution in [2.75, 3.05) is 11.9 Å². The number of aromatic nitrogens is 3. The molecule has 9 nitrogen and oxygen atoms in total. The number of ether oxygens (including phenoxy) is 1. The van der Waals surface area contributed by atoms with Gasteiger partial charge in [-0.2, -0.15) is 15.4 Å². The van der Waals surface area contributed by atoms with Crippen LogP contribution in [0.5, 0.6) is 0 Å². The van der Waals surface area contributed by atoms with Gasteiger partial charge in [0.1, 0.15) is 16.6 Å². The lowest BCUT2D eigenvalue weighted by Gasteiger charge is -2.25. The zero-order chi connectivity index (χ0) is 18.6. The van der Waals surface area contributed by atoms with Gasteiger partial charge in [0.15, 0.2) is 0 Å². The van der Waals surface area contributed by atoms with Crippen molar-refractivity contribution in [3.8, 4) is 0 Å². The highest BCUT2D eigenvalue weighted by Gasteiger charge is 2.40. The lowest BCUT2D eigenvalue weighted by atomic mass is 10.3. The second kappa shape index (κ2) is 7.43. The summed E-state index contributed by atoms with van der Waals surface area (Å²) in [7, 11) is -2.23. The minimum absolute atomic E-state index is 0.178. The first kappa shape index (κ1) is 18.6. The first-order chi connectivity index (χ1) is 11.7. The van der Waals surface area contributed by atoms with Crippen molar-refractivity contribution in [3.05, 3.63) is 18.2 Å². The fourth-order valence-corrected chi connectivity index (χ4v) is 3.99. The molecule has 10 heteroatoms. The van der Waals surface area contributed by atoms with Crippen LogP contribution in [0.25, 0.3) is 11.0 Å². The average molecular weight is 363 g/mol. The number of hydrogen-bond acceptors (Lipinski definition) is 6. The quantitative estimate of drug-likeness (QED) is 0.423. The maximum atomic E-state index is 12.4. The van der Waals surface area contributed by atoms with E-state index in [-0.39, 0.29) is 6.61 Å². The Morgan fingerprint density at radius 2 is 1.88 bits per heavy atom. The van der Waals surface area contributed by atoms with E-state index >= 15 is 0 Å². The van der Waals surface area contributed by atoms with E-state index in [0.29, 0.717) is 16.7 Å². The van der Waals surface area contributed by atoms with E-state index < -0.39 is 31.5 Å². The summed E-state index contributed by atoms with van der Waals surface area (Å²) in [5.41, 5.74) is 0.724. The van der Waals surface area contributed by atoms with Gasteiger partial charge in [-0.05, 0) is 25.1 Å². The standard InChI is InChI=1S/C15H21N5O4Si/c1-5-24-14(22)12(25(2,3)4)13(21)17-15(23)16-9-6-7-10-11(8-9)19-20-18-10/h6-8,12H,5H2,1-4H3,(H,18,19,20)(H2,16,17,21,23). The molecule has 2 aromatic rings. The predicted octanol–water partition coefficient (Wildman–Crippen LogP) is 1.88. The molecule has 25 heavy (non-hydrogen) atoms. The van der Waals surface area contributed by atoms with Gasteiger partial charge in [-0.3, -0.25) is 14.9 Å². The maximum Gasteiger partial charge on any atom is 0.325 e. The van der Waals surface area contributed by atoms with Crippen molar-refractivity contribution >= 4 is 42.7 Å². The smallest absolute Gasteiger partial charge is 0.325 e. The lowest BCUT2D eigenvalue weighted by Crippen LogP contribution is -2.47. The van der Waals surface area contributed by atoms with Gasteiger partial charge in [-0.1, -0.05) is 19.6 Å². The molecule has 1 heterocycles. The predicted molar refractivity (Wildman–Crippen MR) is 94.8 cm³/mol. The fraction of sp³-hybridized carbons (Fsp3) is 0.400. The topological polar surface area (TPSA) is 126 Å². The molecular formula is C15H21N5O4Si. The van der Waals surface area contributed by atoms with Crippen molar-refractivity contribution < 1.29 is 19.1 Å². The van der Waals surface area contributed by atoms with Crippen LogP contribution in [0.15, 0.2) is 18.2 Å². The number of carbonyl (C=O) groups excluding carboxylic acids is 3. The van der Waals surface area contributed by atoms with Gasteiger partial charge in [0.2, 0.25) is 5.91 Å². The molecule has 0 aliphatic heterocycles. The minimum Gasteiger partial charge on any atom is -0.466 e. The highest BCUT2D eigenvalue weighted by atomic mass is 28.3. The molecule has 0 saturated heterocycles. The third-order valence-corrected chi connectivity index (χ3v) is 5.69. The van der Waals surface area contributed by atoms with Gasteiger partial charge in [0.05, 0.1) is 14.7 Å². The third kappa shape index (κ3) is 4.63. The van der Waals surface area contributed by atoms with E-state index in [1.807, 2.05) is 19.6 Å². The molecule has 1 aromatic heterocycles. The Hall–Kier alpha value is -2.75. The number of H-pyrrole nitrogens is 1. The molecule has 0 aliphatic rings. The lowest BCUT2D eigenvalue weighted by molar-refractivity contribution is -0.145. The number of carbonyl (C=O) groups is 3. The molecule has 2 rings (SSSR count). The van der Waals surface area contributed by atoms with E-state index in [0.717, 1.165) is 0 Å². The van der Waals surface area contributed by atoms with Gasteiger partial charge in [0, 0.05) is 5.69 Å². The second-order valence-electron chi connectivity index (χ2n) is 6.52. The normalized spacial score (nSPS) is 12.5. The van der Waals surface area contributed by atoms with Gasteiger partial charge in [-0.15, -0.1) is 0 Å². The summed E-state index contributed by atoms with van der Waals surface area (Å²) in [5.74, 6) is -1.26. The Morgan fingerprint density at radius 3 is 2.52 bits per heavy atom. The van der Waals surface area contributed by atoms with Crippen LogP contribution in [0.4, 0.5) is 10.5 Å². The summed E-state index contributed by atoms with van der Waals surface area (Å²) in [6.07, 6.45) is 0. The molecule has 0 saturated carbocycles. The molecule has 0 spiro atoms. The maximum absolute atomic E-state index is 12.4. The number of fused-ring (bicyclic) bond motifs is 1. The number of nitrogens with one attached hydrogen (secondary N) is 3. The minimum atomic E-state index is -2.23. The van der Waals surface area contributed by atoms with E-state index in [9.17, 15) is 14.4 Å². The van der Waals surface area contributed by atoms with Crippen molar-refractivity contribution in [3.63, 3.8) is 0 Å². The van der Waals surface area contributed by atoms with Crippen molar-refractivity contribution in [2.24, 2.45) is 0 Å². The fourth-order valence-electron chi connectivity index (χ4n) is 2.34. The largest absolute Gasteiger partial charge is 0.466 e. The Morgan fingerprint density at radius 1 is 1.20 bits per heavy atom. The number of amides is 3. The summed E-state index contributed by atoms with van der Waals surface area (Å²) in [5, 5.41) is 15.1. The summed E-state index contributed by atoms with van der Waals surface area (Å²) >= 11 is 0. The van der Waals surface area contributed by atoms with Crippen LogP contribution in [0.3, 0.4) is 0 Å². The molecule has 0 radical (unpaired) electrons. The Balaban J connectivity index is 2.06. The van der Waals surface area contributed by atoms with Crippen LogP contribution in [0, 0.1) is 0 Å². The van der Waals surface area contributed by atoms with Gasteiger partial charge in [-0.25, -0.2) is 4.79 Å². The molecule has 0 fully saturated rings. The molecule has 1 aromatic carbocycles. The summed E-state index contributed by atoms with van der Waals surface area (Å²) in [6, 6.07) is 4.21. The number of anilines is 1. The van der Waals surface area contributed by atoms with Crippen molar-refractivity contribution in [1.82, 2.24) is 20.7 Å². The van der Waals surface area contributed by atoms with Crippen LogP contribution in [-0.2, 0) is 14.3 Å². The number of nitrogens with zero attached hydrogens (tertiary/aromatic N) is 2. The van der Waals surface area contributed by atoms with Crippen LogP contribution in [0.2, 0.25) is 25.2 Å². The first-order valence-corrected chi connectivity index (χ1v) is 11.4. The van der Waals surface area contributed by atoms with Crippen LogP contribution >= 0.6 is 0 Å². The third-order valence-electron chi connectivity index (χ3n) is 3.46. The Kier molecular flexibility index (Phi) is 5.52. The monoisotopic (exact) mass is 363 g/mol. The number of esters is 1. The van der Waals surface area contributed by atoms with Crippen molar-refractivity contribution in [1.29, 1.82) is 0 Å². The number of hydrogen-bond donors (Lipinski definition) is 3. The molecule has 1 atom stereocenters. The molecule has 0 bridgehead atoms. The van der Waals surface area contributed by atoms with Crippen LogP contribution < -0.4 is 10.6 Å². The van der Waals surface area contributed by atoms with Gasteiger partial charge >= 0.3 is 12.0 Å². The Bertz CT molecular complexity index is 799. The molecule has 0 aliphatic carbocycles. The Labute approximate surface area is 145 Å². The number of rotatable bonds is 5. The van der Waals surface area contributed by atoms with Gasteiger partial charge in [0.25, 0.3) is 0 Å². The highest BCUT2D eigenvalue weighted by molar-refractivity contribution is 6.83. The molecule has 1 unspecified atom stereocenters. The van der Waals surface area contributed by atoms with E-state index in [1.54, 1.807) is 25.1 Å². The molecule has 3 amide bonds. The number of urea groups is 1. The zero-order valence-corrected chi connectivity index (χ0v) is 15.5. The number of aromatic amines is 1. The second-order valence-corrected chi connectivity index (χ2v) is 11.8. The van der Waals surface area contributed by atoms with E-state index in [2.05, 4.69) is 26.0 Å². The number of imide groups is 1. The molecule has 3 N–H and O–H groups in total. The summed E-state index contributed by atoms with van der Waals surface area (Å²) < 4.78 is 4.98. The zero-order valence-electron chi connectivity index (χ0n) is 14.5. The van der Waals surface area contributed by atoms with Crippen LogP contribution in [0.1, 0.15) is 6.92 Å². The highest BCUT2D eigenvalue weighted by Crippen LogP contribution is 2.24. The van der Waals surface area contributed by atoms with E-state index in [1.165, 1.54) is 0 Å². The van der Waals surface area contributed by atoms with Gasteiger partial charge < -0.3 is 10.1 Å². The average Bonchev–Trinajstić information content (AvgIpc) is 2.93. The molecular weight excluding hydrogens is 342 g/mol. The van der Waals surface area contributed by atoms with Crippen molar-refractivity contribution in [2.45, 2.75) is 32.1 Å². The first-order valence-electron chi connectivity index (χ1n) is 7.81. The summed E-state index contributed by atoms with van der Waals surface area (Å²) in [4.78, 5) is 36.6. The van der Waals surface area contributed by atoms with E-state index in [4.69, 9.17) is 4.74 Å². The molecule has 134 valence electrons. The SMILES string of the molecule is CCOC(=O)C(C(=O)NC(=O)Nc1ccc2n[nH]nc2c1)[Si](C)(C)C. The van der Waals surface area contributed by atoms with Crippen LogP contribution in [-0.4, -0.2) is 48.0 Å².